The van der Waals surface area contributed by atoms with Crippen molar-refractivity contribution in [3.63, 3.8) is 0 Å². The molecule has 4 heterocycles. The molecule has 2 N–H and O–H groups in total. The first-order valence-corrected chi connectivity index (χ1v) is 16.9. The normalized spacial score (nSPS) is 18.8. The van der Waals surface area contributed by atoms with Crippen LogP contribution in [0.5, 0.6) is 0 Å². The van der Waals surface area contributed by atoms with Crippen molar-refractivity contribution in [3.05, 3.63) is 70.9 Å². The fourth-order valence-corrected chi connectivity index (χ4v) is 7.40. The first-order chi connectivity index (χ1) is 21.0. The third-order valence-corrected chi connectivity index (χ3v) is 10.3. The number of piperidine rings is 1. The minimum Gasteiger partial charge on any atom is -0.322 e. The molecule has 3 aromatic rings. The lowest BCUT2D eigenvalue weighted by Crippen LogP contribution is -2.64. The number of hydrogen-bond donors (Lipinski definition) is 2. The summed E-state index contributed by atoms with van der Waals surface area (Å²) in [4.78, 5) is 31.3. The Morgan fingerprint density at radius 3 is 2.61 bits per heavy atom. The predicted molar refractivity (Wildman–Crippen MR) is 168 cm³/mol. The molecule has 1 amide bonds. The number of nitrogens with zero attached hydrogens (tertiary/aromatic N) is 5. The third-order valence-electron chi connectivity index (χ3n) is 9.19. The number of aryl methyl sites for hydroxylation is 1. The molecular formula is C32H38FN7O3S. The smallest absolute Gasteiger partial charge is 0.242 e. The van der Waals surface area contributed by atoms with Crippen molar-refractivity contribution in [2.45, 2.75) is 50.5 Å². The summed E-state index contributed by atoms with van der Waals surface area (Å²) >= 11 is 0. The summed E-state index contributed by atoms with van der Waals surface area (Å²) in [6.45, 7) is 8.10. The molecule has 12 heteroatoms. The van der Waals surface area contributed by atoms with Crippen LogP contribution in [0.4, 0.5) is 21.8 Å². The van der Waals surface area contributed by atoms with E-state index in [-0.39, 0.29) is 23.6 Å². The van der Waals surface area contributed by atoms with Crippen LogP contribution in [0.15, 0.2) is 47.6 Å². The predicted octanol–water partition coefficient (Wildman–Crippen LogP) is 4.20. The van der Waals surface area contributed by atoms with E-state index < -0.39 is 20.5 Å². The van der Waals surface area contributed by atoms with Gasteiger partial charge in [-0.3, -0.25) is 9.69 Å². The molecule has 232 valence electrons. The maximum absolute atomic E-state index is 15.0. The molecule has 2 aliphatic heterocycles. The summed E-state index contributed by atoms with van der Waals surface area (Å²) in [5, 5.41) is 5.96. The number of carbonyl (C=O) groups is 1. The number of benzene rings is 1. The molecule has 2 aromatic heterocycles. The number of nitrogens with one attached hydrogen (secondary N) is 2. The highest BCUT2D eigenvalue weighted by atomic mass is 32.2. The lowest BCUT2D eigenvalue weighted by atomic mass is 9.71. The number of carbonyl (C=O) groups excluding carboxylic acids is 1. The van der Waals surface area contributed by atoms with Crippen molar-refractivity contribution in [2.24, 2.45) is 5.41 Å². The fourth-order valence-electron chi connectivity index (χ4n) is 6.64. The Bertz CT molecular complexity index is 1740. The van der Waals surface area contributed by atoms with E-state index in [9.17, 15) is 17.6 Å². The van der Waals surface area contributed by atoms with E-state index in [0.29, 0.717) is 23.3 Å². The second-order valence-corrected chi connectivity index (χ2v) is 14.4. The molecule has 1 spiro atoms. The molecule has 1 aliphatic carbocycles. The largest absolute Gasteiger partial charge is 0.322 e. The number of amides is 1. The van der Waals surface area contributed by atoms with E-state index in [1.54, 1.807) is 12.4 Å². The van der Waals surface area contributed by atoms with Crippen LogP contribution in [-0.4, -0.2) is 84.6 Å². The SMILES string of the molecule is CCC(C(=O)Nc1nccc2c1CC=C2c1nc(Nc2cccc(S(C)(=O)=O)c2F)ncc1C)N1CC2(CCN(C)CC2)C1. The molecule has 1 unspecified atom stereocenters. The van der Waals surface area contributed by atoms with Crippen LogP contribution in [-0.2, 0) is 21.1 Å². The highest BCUT2D eigenvalue weighted by Gasteiger charge is 2.47. The van der Waals surface area contributed by atoms with Gasteiger partial charge in [0.1, 0.15) is 10.7 Å². The molecule has 0 bridgehead atoms. The van der Waals surface area contributed by atoms with E-state index in [1.807, 2.05) is 19.1 Å². The summed E-state index contributed by atoms with van der Waals surface area (Å²) < 4.78 is 39.0. The van der Waals surface area contributed by atoms with Crippen LogP contribution in [0.3, 0.4) is 0 Å². The monoisotopic (exact) mass is 619 g/mol. The molecule has 1 aromatic carbocycles. The van der Waals surface area contributed by atoms with Gasteiger partial charge in [-0.1, -0.05) is 19.1 Å². The van der Waals surface area contributed by atoms with Gasteiger partial charge in [0.05, 0.1) is 17.4 Å². The van der Waals surface area contributed by atoms with Crippen molar-refractivity contribution >= 4 is 38.8 Å². The molecule has 6 rings (SSSR count). The lowest BCUT2D eigenvalue weighted by molar-refractivity contribution is -0.130. The highest BCUT2D eigenvalue weighted by Crippen LogP contribution is 2.42. The quantitative estimate of drug-likeness (QED) is 0.382. The van der Waals surface area contributed by atoms with Crippen LogP contribution in [0.2, 0.25) is 0 Å². The van der Waals surface area contributed by atoms with Crippen LogP contribution in [0.25, 0.3) is 5.57 Å². The van der Waals surface area contributed by atoms with Gasteiger partial charge in [-0.15, -0.1) is 0 Å². The number of pyridine rings is 1. The number of halogens is 1. The van der Waals surface area contributed by atoms with Crippen LogP contribution in [0, 0.1) is 18.2 Å². The number of likely N-dealkylation sites (tertiary alicyclic amines) is 2. The Hall–Kier alpha value is -3.74. The van der Waals surface area contributed by atoms with Crippen molar-refractivity contribution in [3.8, 4) is 0 Å². The zero-order valence-electron chi connectivity index (χ0n) is 25.5. The summed E-state index contributed by atoms with van der Waals surface area (Å²) in [6.07, 6.45) is 10.00. The number of aromatic nitrogens is 3. The fraction of sp³-hybridized carbons (Fsp3) is 0.438. The maximum atomic E-state index is 15.0. The van der Waals surface area contributed by atoms with Gasteiger partial charge in [0, 0.05) is 42.9 Å². The van der Waals surface area contributed by atoms with E-state index in [4.69, 9.17) is 0 Å². The molecule has 10 nitrogen and oxygen atoms in total. The molecule has 2 fully saturated rings. The minimum atomic E-state index is -3.75. The third kappa shape index (κ3) is 5.73. The van der Waals surface area contributed by atoms with Gasteiger partial charge in [-0.05, 0) is 87.5 Å². The standard InChI is InChI=1S/C32H38FN7O3S/c1-5-25(40-18-32(19-40)12-15-39(3)16-13-32)30(41)38-29-23-10-9-22(21(23)11-14-34-29)28-20(2)17-35-31(37-28)36-24-7-6-8-26(27(24)33)44(4,42)43/h6-9,11,14,17,25H,5,10,12-13,15-16,18-19H2,1-4H3,(H,34,38,41)(H,35,36,37). The van der Waals surface area contributed by atoms with Gasteiger partial charge in [0.15, 0.2) is 15.7 Å². The van der Waals surface area contributed by atoms with Crippen LogP contribution < -0.4 is 10.6 Å². The molecular weight excluding hydrogens is 581 g/mol. The summed E-state index contributed by atoms with van der Waals surface area (Å²) in [5.74, 6) is -0.235. The second-order valence-electron chi connectivity index (χ2n) is 12.4. The maximum Gasteiger partial charge on any atom is 0.242 e. The van der Waals surface area contributed by atoms with Crippen LogP contribution in [0.1, 0.15) is 48.6 Å². The topological polar surface area (TPSA) is 120 Å². The number of allylic oxidation sites excluding steroid dienone is 1. The average Bonchev–Trinajstić information content (AvgIpc) is 3.40. The van der Waals surface area contributed by atoms with Gasteiger partial charge >= 0.3 is 0 Å². The van der Waals surface area contributed by atoms with Crippen molar-refractivity contribution < 1.29 is 17.6 Å². The van der Waals surface area contributed by atoms with Gasteiger partial charge < -0.3 is 15.5 Å². The number of hydrogen-bond acceptors (Lipinski definition) is 9. The van der Waals surface area contributed by atoms with Gasteiger partial charge in [0.25, 0.3) is 0 Å². The van der Waals surface area contributed by atoms with Crippen molar-refractivity contribution in [1.29, 1.82) is 0 Å². The molecule has 2 saturated heterocycles. The van der Waals surface area contributed by atoms with Gasteiger partial charge in [-0.2, -0.15) is 0 Å². The number of rotatable bonds is 8. The number of sulfone groups is 1. The Morgan fingerprint density at radius 1 is 1.16 bits per heavy atom. The highest BCUT2D eigenvalue weighted by molar-refractivity contribution is 7.90. The Kier molecular flexibility index (Phi) is 8.02. The Balaban J connectivity index is 1.19. The Morgan fingerprint density at radius 2 is 1.91 bits per heavy atom. The summed E-state index contributed by atoms with van der Waals surface area (Å²) in [6, 6.07) is 5.83. The summed E-state index contributed by atoms with van der Waals surface area (Å²) in [5.41, 5.74) is 4.47. The number of anilines is 3. The Labute approximate surface area is 257 Å². The van der Waals surface area contributed by atoms with Crippen LogP contribution >= 0.6 is 0 Å². The second kappa shape index (κ2) is 11.6. The molecule has 3 aliphatic rings. The first-order valence-electron chi connectivity index (χ1n) is 15.0. The zero-order valence-corrected chi connectivity index (χ0v) is 26.3. The van der Waals surface area contributed by atoms with E-state index in [1.165, 1.54) is 31.0 Å². The molecule has 0 saturated carbocycles. The molecule has 0 radical (unpaired) electrons. The van der Waals surface area contributed by atoms with Crippen molar-refractivity contribution in [1.82, 2.24) is 24.8 Å². The average molecular weight is 620 g/mol. The lowest BCUT2D eigenvalue weighted by Gasteiger charge is -2.55. The minimum absolute atomic E-state index is 0.0346. The number of fused-ring (bicyclic) bond motifs is 1. The van der Waals surface area contributed by atoms with Crippen molar-refractivity contribution in [2.75, 3.05) is 50.1 Å². The molecule has 1 atom stereocenters. The first kappa shape index (κ1) is 30.3. The summed E-state index contributed by atoms with van der Waals surface area (Å²) in [7, 11) is -1.58. The zero-order chi connectivity index (χ0) is 31.2. The van der Waals surface area contributed by atoms with E-state index >= 15 is 0 Å². The molecule has 44 heavy (non-hydrogen) atoms. The van der Waals surface area contributed by atoms with E-state index in [0.717, 1.165) is 61.1 Å². The van der Waals surface area contributed by atoms with Gasteiger partial charge in [-0.25, -0.2) is 27.8 Å². The van der Waals surface area contributed by atoms with E-state index in [2.05, 4.69) is 49.4 Å². The van der Waals surface area contributed by atoms with Gasteiger partial charge in [0.2, 0.25) is 11.9 Å².